The van der Waals surface area contributed by atoms with Gasteiger partial charge in [0.1, 0.15) is 5.82 Å². The van der Waals surface area contributed by atoms with Crippen LogP contribution >= 0.6 is 0 Å². The van der Waals surface area contributed by atoms with Gasteiger partial charge in [0, 0.05) is 12.2 Å². The minimum atomic E-state index is 0.507. The van der Waals surface area contributed by atoms with E-state index in [1.54, 1.807) is 0 Å². The molecule has 1 aliphatic carbocycles. The number of hydrogen-bond donors (Lipinski definition) is 2. The standard InChI is InChI=1S/C13H21N3/c1-10-5-4-8-15-13(10)16-12-7-3-2-6-11(12)9-14/h4-5,8,11-12H,2-3,6-7,9,14H2,1H3,(H,15,16). The van der Waals surface area contributed by atoms with Crippen molar-refractivity contribution in [3.63, 3.8) is 0 Å². The molecule has 3 N–H and O–H groups in total. The summed E-state index contributed by atoms with van der Waals surface area (Å²) in [6.07, 6.45) is 6.94. The minimum Gasteiger partial charge on any atom is -0.367 e. The van der Waals surface area contributed by atoms with E-state index in [-0.39, 0.29) is 0 Å². The largest absolute Gasteiger partial charge is 0.367 e. The van der Waals surface area contributed by atoms with Gasteiger partial charge >= 0.3 is 0 Å². The second-order valence-corrected chi connectivity index (χ2v) is 4.70. The zero-order chi connectivity index (χ0) is 11.4. The van der Waals surface area contributed by atoms with E-state index < -0.39 is 0 Å². The highest BCUT2D eigenvalue weighted by atomic mass is 15.0. The molecule has 0 spiro atoms. The Bertz CT molecular complexity index is 338. The van der Waals surface area contributed by atoms with E-state index in [1.165, 1.54) is 31.2 Å². The predicted octanol–water partition coefficient (Wildman–Crippen LogP) is 2.32. The zero-order valence-corrected chi connectivity index (χ0v) is 9.95. The average Bonchev–Trinajstić information content (AvgIpc) is 2.33. The number of nitrogens with zero attached hydrogens (tertiary/aromatic N) is 1. The SMILES string of the molecule is Cc1cccnc1NC1CCCCC1CN. The summed E-state index contributed by atoms with van der Waals surface area (Å²) in [6, 6.07) is 4.57. The third kappa shape index (κ3) is 2.53. The molecule has 0 radical (unpaired) electrons. The third-order valence-electron chi connectivity index (χ3n) is 3.54. The van der Waals surface area contributed by atoms with Crippen molar-refractivity contribution in [3.8, 4) is 0 Å². The maximum Gasteiger partial charge on any atom is 0.129 e. The Morgan fingerprint density at radius 3 is 3.00 bits per heavy atom. The van der Waals surface area contributed by atoms with Crippen LogP contribution in [0.1, 0.15) is 31.2 Å². The zero-order valence-electron chi connectivity index (χ0n) is 9.95. The fourth-order valence-electron chi connectivity index (χ4n) is 2.49. The molecule has 3 nitrogen and oxygen atoms in total. The van der Waals surface area contributed by atoms with Gasteiger partial charge in [-0.15, -0.1) is 0 Å². The van der Waals surface area contributed by atoms with Gasteiger partial charge in [-0.05, 0) is 43.9 Å². The molecule has 1 fully saturated rings. The highest BCUT2D eigenvalue weighted by Gasteiger charge is 2.24. The van der Waals surface area contributed by atoms with E-state index in [9.17, 15) is 0 Å². The van der Waals surface area contributed by atoms with Crippen LogP contribution in [-0.2, 0) is 0 Å². The fraction of sp³-hybridized carbons (Fsp3) is 0.615. The number of nitrogens with two attached hydrogens (primary N) is 1. The Morgan fingerprint density at radius 2 is 2.25 bits per heavy atom. The quantitative estimate of drug-likeness (QED) is 0.820. The van der Waals surface area contributed by atoms with Gasteiger partial charge in [0.2, 0.25) is 0 Å². The summed E-state index contributed by atoms with van der Waals surface area (Å²) in [5.74, 6) is 1.63. The molecule has 0 aliphatic heterocycles. The summed E-state index contributed by atoms with van der Waals surface area (Å²) in [6.45, 7) is 2.87. The molecule has 3 heteroatoms. The number of anilines is 1. The van der Waals surface area contributed by atoms with Crippen LogP contribution < -0.4 is 11.1 Å². The minimum absolute atomic E-state index is 0.507. The van der Waals surface area contributed by atoms with Gasteiger partial charge in [-0.3, -0.25) is 0 Å². The van der Waals surface area contributed by atoms with Gasteiger partial charge in [-0.25, -0.2) is 4.98 Å². The Morgan fingerprint density at radius 1 is 1.44 bits per heavy atom. The summed E-state index contributed by atoms with van der Waals surface area (Å²) in [4.78, 5) is 4.39. The normalized spacial score (nSPS) is 25.4. The van der Waals surface area contributed by atoms with Gasteiger partial charge in [-0.2, -0.15) is 0 Å². The van der Waals surface area contributed by atoms with Crippen molar-refractivity contribution < 1.29 is 0 Å². The molecule has 1 aromatic heterocycles. The van der Waals surface area contributed by atoms with Crippen LogP contribution in [0.3, 0.4) is 0 Å². The summed E-state index contributed by atoms with van der Waals surface area (Å²) in [5.41, 5.74) is 7.04. The Labute approximate surface area is 97.5 Å². The van der Waals surface area contributed by atoms with E-state index in [4.69, 9.17) is 5.73 Å². The number of aryl methyl sites for hydroxylation is 1. The van der Waals surface area contributed by atoms with Crippen LogP contribution in [0.5, 0.6) is 0 Å². The first-order valence-electron chi connectivity index (χ1n) is 6.19. The van der Waals surface area contributed by atoms with Gasteiger partial charge in [0.15, 0.2) is 0 Å². The fourth-order valence-corrected chi connectivity index (χ4v) is 2.49. The first kappa shape index (κ1) is 11.4. The molecule has 2 rings (SSSR count). The lowest BCUT2D eigenvalue weighted by atomic mass is 9.84. The monoisotopic (exact) mass is 219 g/mol. The number of hydrogen-bond acceptors (Lipinski definition) is 3. The van der Waals surface area contributed by atoms with Crippen LogP contribution in [0.15, 0.2) is 18.3 Å². The molecule has 16 heavy (non-hydrogen) atoms. The average molecular weight is 219 g/mol. The van der Waals surface area contributed by atoms with E-state index >= 15 is 0 Å². The number of pyridine rings is 1. The molecule has 1 aromatic rings. The molecule has 2 atom stereocenters. The summed E-state index contributed by atoms with van der Waals surface area (Å²) in [7, 11) is 0. The van der Waals surface area contributed by atoms with Crippen molar-refractivity contribution in [1.82, 2.24) is 4.98 Å². The Kier molecular flexibility index (Phi) is 3.78. The molecule has 88 valence electrons. The van der Waals surface area contributed by atoms with E-state index in [1.807, 2.05) is 12.3 Å². The molecule has 0 saturated heterocycles. The van der Waals surface area contributed by atoms with E-state index in [0.717, 1.165) is 12.4 Å². The van der Waals surface area contributed by atoms with Crippen molar-refractivity contribution in [2.75, 3.05) is 11.9 Å². The molecular weight excluding hydrogens is 198 g/mol. The smallest absolute Gasteiger partial charge is 0.129 e. The molecule has 1 heterocycles. The lowest BCUT2D eigenvalue weighted by molar-refractivity contribution is 0.332. The van der Waals surface area contributed by atoms with E-state index in [0.29, 0.717) is 12.0 Å². The molecule has 0 amide bonds. The number of aromatic nitrogens is 1. The maximum atomic E-state index is 5.82. The summed E-state index contributed by atoms with van der Waals surface area (Å²) < 4.78 is 0. The van der Waals surface area contributed by atoms with Gasteiger partial charge in [0.25, 0.3) is 0 Å². The van der Waals surface area contributed by atoms with Crippen molar-refractivity contribution in [1.29, 1.82) is 0 Å². The molecule has 0 aromatic carbocycles. The first-order chi connectivity index (χ1) is 7.81. The van der Waals surface area contributed by atoms with Crippen molar-refractivity contribution in [2.45, 2.75) is 38.6 Å². The highest BCUT2D eigenvalue weighted by molar-refractivity contribution is 5.43. The summed E-state index contributed by atoms with van der Waals surface area (Å²) in [5, 5.41) is 3.56. The number of nitrogens with one attached hydrogen (secondary N) is 1. The lowest BCUT2D eigenvalue weighted by Gasteiger charge is -2.32. The van der Waals surface area contributed by atoms with Crippen LogP contribution in [0.4, 0.5) is 5.82 Å². The molecule has 1 saturated carbocycles. The van der Waals surface area contributed by atoms with Crippen LogP contribution in [0.25, 0.3) is 0 Å². The molecule has 1 aliphatic rings. The van der Waals surface area contributed by atoms with Crippen molar-refractivity contribution in [2.24, 2.45) is 11.7 Å². The molecular formula is C13H21N3. The lowest BCUT2D eigenvalue weighted by Crippen LogP contribution is -2.37. The first-order valence-corrected chi connectivity index (χ1v) is 6.19. The predicted molar refractivity (Wildman–Crippen MR) is 67.4 cm³/mol. The maximum absolute atomic E-state index is 5.82. The number of rotatable bonds is 3. The third-order valence-corrected chi connectivity index (χ3v) is 3.54. The summed E-state index contributed by atoms with van der Waals surface area (Å²) >= 11 is 0. The topological polar surface area (TPSA) is 50.9 Å². The van der Waals surface area contributed by atoms with Crippen molar-refractivity contribution >= 4 is 5.82 Å². The Hall–Kier alpha value is -1.09. The molecule has 0 bridgehead atoms. The van der Waals surface area contributed by atoms with Crippen molar-refractivity contribution in [3.05, 3.63) is 23.9 Å². The second kappa shape index (κ2) is 5.30. The second-order valence-electron chi connectivity index (χ2n) is 4.70. The Balaban J connectivity index is 2.05. The van der Waals surface area contributed by atoms with Gasteiger partial charge < -0.3 is 11.1 Å². The van der Waals surface area contributed by atoms with Gasteiger partial charge in [0.05, 0.1) is 0 Å². The van der Waals surface area contributed by atoms with E-state index in [2.05, 4.69) is 23.3 Å². The van der Waals surface area contributed by atoms with Crippen LogP contribution in [0, 0.1) is 12.8 Å². The molecule has 2 unspecified atom stereocenters. The van der Waals surface area contributed by atoms with Gasteiger partial charge in [-0.1, -0.05) is 18.9 Å². The highest BCUT2D eigenvalue weighted by Crippen LogP contribution is 2.26. The van der Waals surface area contributed by atoms with Crippen LogP contribution in [-0.4, -0.2) is 17.6 Å². The van der Waals surface area contributed by atoms with Crippen LogP contribution in [0.2, 0.25) is 0 Å².